The van der Waals surface area contributed by atoms with Crippen molar-refractivity contribution < 1.29 is 9.53 Å². The van der Waals surface area contributed by atoms with E-state index in [1.165, 1.54) is 5.56 Å². The van der Waals surface area contributed by atoms with Crippen LogP contribution in [0.5, 0.6) is 5.75 Å². The predicted octanol–water partition coefficient (Wildman–Crippen LogP) is 3.19. The summed E-state index contributed by atoms with van der Waals surface area (Å²) < 4.78 is 5.59. The highest BCUT2D eigenvalue weighted by atomic mass is 35.5. The van der Waals surface area contributed by atoms with Crippen LogP contribution in [-0.4, -0.2) is 43.6 Å². The first kappa shape index (κ1) is 23.2. The Morgan fingerprint density at radius 2 is 1.86 bits per heavy atom. The topological polar surface area (TPSA) is 67.6 Å². The maximum atomic E-state index is 12.4. The summed E-state index contributed by atoms with van der Waals surface area (Å²) in [7, 11) is 0. The Morgan fingerprint density at radius 1 is 1.14 bits per heavy atom. The molecule has 1 fully saturated rings. The Morgan fingerprint density at radius 3 is 2.52 bits per heavy atom. The third kappa shape index (κ3) is 6.74. The van der Waals surface area contributed by atoms with Crippen LogP contribution in [0.3, 0.4) is 0 Å². The van der Waals surface area contributed by atoms with Crippen molar-refractivity contribution in [3.05, 3.63) is 65.7 Å². The summed E-state index contributed by atoms with van der Waals surface area (Å²) in [5, 5.41) is 3.02. The standard InChI is InChI=1S/C23H31N3O2.ClH/c1-2-12-28-21-10-8-18(9-11-21)14-25-23(27)17-26-15-20(13-24)22(16-26)19-6-4-3-5-7-19;/h3-11,20,22H,2,12-17,24H2,1H3,(H,25,27);1H/t20-,22+;/m1./s1. The zero-order valence-corrected chi connectivity index (χ0v) is 17.9. The fourth-order valence-corrected chi connectivity index (χ4v) is 3.79. The van der Waals surface area contributed by atoms with Crippen molar-refractivity contribution in [1.29, 1.82) is 0 Å². The van der Waals surface area contributed by atoms with Crippen LogP contribution >= 0.6 is 12.4 Å². The van der Waals surface area contributed by atoms with Gasteiger partial charge < -0.3 is 15.8 Å². The number of ether oxygens (including phenoxy) is 1. The average Bonchev–Trinajstić information content (AvgIpc) is 3.15. The fourth-order valence-electron chi connectivity index (χ4n) is 3.79. The predicted molar refractivity (Wildman–Crippen MR) is 119 cm³/mol. The molecule has 6 heteroatoms. The van der Waals surface area contributed by atoms with E-state index in [-0.39, 0.29) is 18.3 Å². The zero-order chi connectivity index (χ0) is 19.8. The molecule has 2 aromatic carbocycles. The largest absolute Gasteiger partial charge is 0.494 e. The molecular weight excluding hydrogens is 386 g/mol. The third-order valence-electron chi connectivity index (χ3n) is 5.30. The van der Waals surface area contributed by atoms with Crippen molar-refractivity contribution in [2.45, 2.75) is 25.8 Å². The molecule has 3 rings (SSSR count). The second kappa shape index (κ2) is 11.8. The van der Waals surface area contributed by atoms with Crippen molar-refractivity contribution in [2.24, 2.45) is 11.7 Å². The van der Waals surface area contributed by atoms with Gasteiger partial charge in [0.25, 0.3) is 0 Å². The molecule has 2 aromatic rings. The minimum absolute atomic E-state index is 0. The lowest BCUT2D eigenvalue weighted by Crippen LogP contribution is -2.36. The third-order valence-corrected chi connectivity index (χ3v) is 5.30. The average molecular weight is 418 g/mol. The van der Waals surface area contributed by atoms with Gasteiger partial charge in [-0.2, -0.15) is 0 Å². The van der Waals surface area contributed by atoms with Crippen LogP contribution in [0.25, 0.3) is 0 Å². The van der Waals surface area contributed by atoms with Gasteiger partial charge in [0.05, 0.1) is 13.2 Å². The van der Waals surface area contributed by atoms with E-state index in [9.17, 15) is 4.79 Å². The first-order valence-corrected chi connectivity index (χ1v) is 10.2. The number of amides is 1. The number of hydrogen-bond acceptors (Lipinski definition) is 4. The second-order valence-electron chi connectivity index (χ2n) is 7.48. The highest BCUT2D eigenvalue weighted by molar-refractivity contribution is 5.85. The first-order chi connectivity index (χ1) is 13.7. The maximum Gasteiger partial charge on any atom is 0.234 e. The molecule has 0 spiro atoms. The lowest BCUT2D eigenvalue weighted by atomic mass is 9.89. The maximum absolute atomic E-state index is 12.4. The lowest BCUT2D eigenvalue weighted by Gasteiger charge is -2.16. The highest BCUT2D eigenvalue weighted by Gasteiger charge is 2.33. The van der Waals surface area contributed by atoms with Gasteiger partial charge in [0.15, 0.2) is 0 Å². The summed E-state index contributed by atoms with van der Waals surface area (Å²) >= 11 is 0. The highest BCUT2D eigenvalue weighted by Crippen LogP contribution is 2.31. The van der Waals surface area contributed by atoms with E-state index in [4.69, 9.17) is 10.5 Å². The van der Waals surface area contributed by atoms with Gasteiger partial charge in [-0.15, -0.1) is 12.4 Å². The lowest BCUT2D eigenvalue weighted by molar-refractivity contribution is -0.122. The molecule has 1 heterocycles. The number of carbonyl (C=O) groups excluding carboxylic acids is 1. The van der Waals surface area contributed by atoms with E-state index in [2.05, 4.69) is 41.4 Å². The molecule has 0 saturated carbocycles. The van der Waals surface area contributed by atoms with Crippen molar-refractivity contribution in [1.82, 2.24) is 10.2 Å². The minimum Gasteiger partial charge on any atom is -0.494 e. The Balaban J connectivity index is 0.00000300. The molecule has 1 amide bonds. The van der Waals surface area contributed by atoms with Gasteiger partial charge in [0, 0.05) is 25.6 Å². The Kier molecular flexibility index (Phi) is 9.45. The molecule has 1 aliphatic rings. The van der Waals surface area contributed by atoms with Crippen LogP contribution in [0.4, 0.5) is 0 Å². The van der Waals surface area contributed by atoms with Gasteiger partial charge in [-0.1, -0.05) is 49.4 Å². The van der Waals surface area contributed by atoms with Crippen LogP contribution in [0.1, 0.15) is 30.4 Å². The summed E-state index contributed by atoms with van der Waals surface area (Å²) in [5.74, 6) is 1.71. The molecule has 158 valence electrons. The Labute approximate surface area is 180 Å². The zero-order valence-electron chi connectivity index (χ0n) is 17.0. The van der Waals surface area contributed by atoms with E-state index in [1.54, 1.807) is 0 Å². The molecule has 1 aliphatic heterocycles. The summed E-state index contributed by atoms with van der Waals surface area (Å²) in [6.07, 6.45) is 0.991. The quantitative estimate of drug-likeness (QED) is 0.657. The number of nitrogens with two attached hydrogens (primary N) is 1. The molecule has 0 aliphatic carbocycles. The molecule has 1 saturated heterocycles. The summed E-state index contributed by atoms with van der Waals surface area (Å²) in [4.78, 5) is 14.6. The van der Waals surface area contributed by atoms with Crippen LogP contribution < -0.4 is 15.8 Å². The number of nitrogens with zero attached hydrogens (tertiary/aromatic N) is 1. The van der Waals surface area contributed by atoms with E-state index in [1.807, 2.05) is 30.3 Å². The summed E-state index contributed by atoms with van der Waals surface area (Å²) in [6, 6.07) is 18.4. The Hall–Kier alpha value is -2.08. The minimum atomic E-state index is 0. The van der Waals surface area contributed by atoms with E-state index < -0.39 is 0 Å². The molecule has 5 nitrogen and oxygen atoms in total. The van der Waals surface area contributed by atoms with Crippen molar-refractivity contribution in [2.75, 3.05) is 32.8 Å². The molecule has 0 unspecified atom stereocenters. The molecule has 2 atom stereocenters. The van der Waals surface area contributed by atoms with Gasteiger partial charge >= 0.3 is 0 Å². The fraction of sp³-hybridized carbons (Fsp3) is 0.435. The van der Waals surface area contributed by atoms with Gasteiger partial charge in [-0.3, -0.25) is 9.69 Å². The number of carbonyl (C=O) groups is 1. The molecule has 0 radical (unpaired) electrons. The summed E-state index contributed by atoms with van der Waals surface area (Å²) in [5.41, 5.74) is 8.38. The SMILES string of the molecule is CCCOc1ccc(CNC(=O)CN2C[C@@H](CN)[C@H](c3ccccc3)C2)cc1.Cl. The van der Waals surface area contributed by atoms with E-state index >= 15 is 0 Å². The van der Waals surface area contributed by atoms with Gasteiger partial charge in [-0.05, 0) is 42.1 Å². The molecule has 0 bridgehead atoms. The van der Waals surface area contributed by atoms with Crippen molar-refractivity contribution >= 4 is 18.3 Å². The van der Waals surface area contributed by atoms with E-state index in [0.717, 1.165) is 37.4 Å². The van der Waals surface area contributed by atoms with Crippen LogP contribution in [0.15, 0.2) is 54.6 Å². The molecule has 29 heavy (non-hydrogen) atoms. The van der Waals surface area contributed by atoms with Crippen LogP contribution in [-0.2, 0) is 11.3 Å². The van der Waals surface area contributed by atoms with Crippen LogP contribution in [0, 0.1) is 5.92 Å². The number of hydrogen-bond donors (Lipinski definition) is 2. The smallest absolute Gasteiger partial charge is 0.234 e. The number of likely N-dealkylation sites (tertiary alicyclic amines) is 1. The summed E-state index contributed by atoms with van der Waals surface area (Å²) in [6.45, 7) is 6.14. The number of nitrogens with one attached hydrogen (secondary N) is 1. The van der Waals surface area contributed by atoms with Gasteiger partial charge in [-0.25, -0.2) is 0 Å². The normalized spacial score (nSPS) is 18.8. The van der Waals surface area contributed by atoms with Crippen molar-refractivity contribution in [3.8, 4) is 5.75 Å². The number of benzene rings is 2. The second-order valence-corrected chi connectivity index (χ2v) is 7.48. The number of halogens is 1. The molecule has 0 aromatic heterocycles. The monoisotopic (exact) mass is 417 g/mol. The van der Waals surface area contributed by atoms with Crippen molar-refractivity contribution in [3.63, 3.8) is 0 Å². The van der Waals surface area contributed by atoms with E-state index in [0.29, 0.717) is 31.5 Å². The van der Waals surface area contributed by atoms with Crippen LogP contribution in [0.2, 0.25) is 0 Å². The van der Waals surface area contributed by atoms with Gasteiger partial charge in [0.2, 0.25) is 5.91 Å². The number of rotatable bonds is 9. The van der Waals surface area contributed by atoms with Gasteiger partial charge in [0.1, 0.15) is 5.75 Å². The molecular formula is C23H32ClN3O2. The molecule has 3 N–H and O–H groups in total. The first-order valence-electron chi connectivity index (χ1n) is 10.2. The Bertz CT molecular complexity index is 740.